The first-order valence-electron chi connectivity index (χ1n) is 4.64. The van der Waals surface area contributed by atoms with E-state index in [4.69, 9.17) is 14.9 Å². The van der Waals surface area contributed by atoms with Crippen molar-refractivity contribution < 1.29 is 9.47 Å². The second-order valence-electron chi connectivity index (χ2n) is 3.44. The number of fused-ring (bicyclic) bond motifs is 1. The summed E-state index contributed by atoms with van der Waals surface area (Å²) >= 11 is 0. The van der Waals surface area contributed by atoms with E-state index in [1.807, 2.05) is 19.1 Å². The van der Waals surface area contributed by atoms with Gasteiger partial charge in [0.05, 0.1) is 0 Å². The van der Waals surface area contributed by atoms with Gasteiger partial charge >= 0.3 is 0 Å². The van der Waals surface area contributed by atoms with Gasteiger partial charge in [-0.3, -0.25) is 0 Å². The maximum absolute atomic E-state index is 7.60. The molecule has 1 aliphatic rings. The lowest BCUT2D eigenvalue weighted by atomic mass is 10.0. The third-order valence-electron chi connectivity index (χ3n) is 2.29. The molecule has 0 saturated carbocycles. The van der Waals surface area contributed by atoms with Crippen LogP contribution in [0.4, 0.5) is 0 Å². The topological polar surface area (TPSA) is 42.3 Å². The highest BCUT2D eigenvalue weighted by Gasteiger charge is 2.14. The SMILES string of the molecule is CC(=N)c1cc2c(cc1C)OCCO2. The molecule has 0 spiro atoms. The van der Waals surface area contributed by atoms with Crippen molar-refractivity contribution in [2.24, 2.45) is 0 Å². The van der Waals surface area contributed by atoms with Gasteiger partial charge in [-0.05, 0) is 31.5 Å². The number of benzene rings is 1. The molecule has 0 saturated heterocycles. The number of hydrogen-bond acceptors (Lipinski definition) is 3. The van der Waals surface area contributed by atoms with Gasteiger partial charge in [-0.25, -0.2) is 0 Å². The van der Waals surface area contributed by atoms with Crippen molar-refractivity contribution >= 4 is 5.71 Å². The minimum Gasteiger partial charge on any atom is -0.486 e. The van der Waals surface area contributed by atoms with E-state index in [9.17, 15) is 0 Å². The minimum atomic E-state index is 0.555. The van der Waals surface area contributed by atoms with Gasteiger partial charge in [0, 0.05) is 11.3 Å². The molecular weight excluding hydrogens is 178 g/mol. The smallest absolute Gasteiger partial charge is 0.162 e. The molecule has 14 heavy (non-hydrogen) atoms. The predicted octanol–water partition coefficient (Wildman–Crippen LogP) is 2.15. The summed E-state index contributed by atoms with van der Waals surface area (Å²) < 4.78 is 10.9. The second kappa shape index (κ2) is 3.33. The third kappa shape index (κ3) is 1.45. The number of ether oxygens (including phenoxy) is 2. The summed E-state index contributed by atoms with van der Waals surface area (Å²) in [6.45, 7) is 4.95. The van der Waals surface area contributed by atoms with E-state index < -0.39 is 0 Å². The molecule has 0 unspecified atom stereocenters. The average Bonchev–Trinajstić information content (AvgIpc) is 2.16. The van der Waals surface area contributed by atoms with Gasteiger partial charge in [0.15, 0.2) is 11.5 Å². The Morgan fingerprint density at radius 3 is 2.36 bits per heavy atom. The Morgan fingerprint density at radius 2 is 1.79 bits per heavy atom. The van der Waals surface area contributed by atoms with Crippen molar-refractivity contribution in [2.75, 3.05) is 13.2 Å². The zero-order valence-corrected chi connectivity index (χ0v) is 8.39. The molecule has 0 fully saturated rings. The van der Waals surface area contributed by atoms with Gasteiger partial charge in [0.2, 0.25) is 0 Å². The Morgan fingerprint density at radius 1 is 1.21 bits per heavy atom. The highest BCUT2D eigenvalue weighted by Crippen LogP contribution is 2.32. The summed E-state index contributed by atoms with van der Waals surface area (Å²) in [5.41, 5.74) is 2.54. The Balaban J connectivity index is 2.50. The van der Waals surface area contributed by atoms with Crippen molar-refractivity contribution in [1.82, 2.24) is 0 Å². The molecule has 0 radical (unpaired) electrons. The molecule has 0 aromatic heterocycles. The summed E-state index contributed by atoms with van der Waals surface area (Å²) in [5, 5.41) is 7.60. The van der Waals surface area contributed by atoms with Crippen LogP contribution in [0.25, 0.3) is 0 Å². The maximum atomic E-state index is 7.60. The number of nitrogens with one attached hydrogen (secondary N) is 1. The fourth-order valence-corrected chi connectivity index (χ4v) is 1.59. The van der Waals surface area contributed by atoms with Crippen LogP contribution in [0.2, 0.25) is 0 Å². The molecule has 1 aliphatic heterocycles. The first kappa shape index (κ1) is 9.06. The molecule has 1 N–H and O–H groups in total. The van der Waals surface area contributed by atoms with Crippen LogP contribution in [0, 0.1) is 12.3 Å². The Bertz CT molecular complexity index is 385. The van der Waals surface area contributed by atoms with Crippen LogP contribution in [0.5, 0.6) is 11.5 Å². The molecule has 1 aromatic rings. The third-order valence-corrected chi connectivity index (χ3v) is 2.29. The lowest BCUT2D eigenvalue weighted by Gasteiger charge is -2.20. The van der Waals surface area contributed by atoms with E-state index in [0.29, 0.717) is 18.9 Å². The normalized spacial score (nSPS) is 13.9. The summed E-state index contributed by atoms with van der Waals surface area (Å²) in [6.07, 6.45) is 0. The number of rotatable bonds is 1. The van der Waals surface area contributed by atoms with Crippen LogP contribution < -0.4 is 9.47 Å². The molecule has 2 rings (SSSR count). The van der Waals surface area contributed by atoms with E-state index in [1.54, 1.807) is 6.92 Å². The quantitative estimate of drug-likeness (QED) is 0.691. The molecule has 1 heterocycles. The predicted molar refractivity (Wildman–Crippen MR) is 54.7 cm³/mol. The summed E-state index contributed by atoms with van der Waals surface area (Å²) in [7, 11) is 0. The number of hydrogen-bond donors (Lipinski definition) is 1. The van der Waals surface area contributed by atoms with Crippen molar-refractivity contribution in [2.45, 2.75) is 13.8 Å². The van der Waals surface area contributed by atoms with Crippen LogP contribution in [-0.4, -0.2) is 18.9 Å². The summed E-state index contributed by atoms with van der Waals surface area (Å²) in [4.78, 5) is 0. The van der Waals surface area contributed by atoms with E-state index in [0.717, 1.165) is 22.6 Å². The van der Waals surface area contributed by atoms with Crippen molar-refractivity contribution in [3.63, 3.8) is 0 Å². The highest BCUT2D eigenvalue weighted by atomic mass is 16.6. The first-order chi connectivity index (χ1) is 6.68. The van der Waals surface area contributed by atoms with Gasteiger partial charge < -0.3 is 14.9 Å². The zero-order chi connectivity index (χ0) is 10.1. The second-order valence-corrected chi connectivity index (χ2v) is 3.44. The van der Waals surface area contributed by atoms with Gasteiger partial charge in [0.25, 0.3) is 0 Å². The molecule has 0 aliphatic carbocycles. The average molecular weight is 191 g/mol. The number of aryl methyl sites for hydroxylation is 1. The monoisotopic (exact) mass is 191 g/mol. The lowest BCUT2D eigenvalue weighted by molar-refractivity contribution is 0.171. The molecule has 0 amide bonds. The molecular formula is C11H13NO2. The lowest BCUT2D eigenvalue weighted by Crippen LogP contribution is -2.16. The van der Waals surface area contributed by atoms with Gasteiger partial charge in [-0.2, -0.15) is 0 Å². The van der Waals surface area contributed by atoms with E-state index in [2.05, 4.69) is 0 Å². The first-order valence-corrected chi connectivity index (χ1v) is 4.64. The standard InChI is InChI=1S/C11H13NO2/c1-7-5-10-11(14-4-3-13-10)6-9(7)8(2)12/h5-6,12H,3-4H2,1-2H3. The maximum Gasteiger partial charge on any atom is 0.162 e. The Kier molecular flexibility index (Phi) is 2.15. The van der Waals surface area contributed by atoms with E-state index in [1.165, 1.54) is 0 Å². The molecule has 3 nitrogen and oxygen atoms in total. The minimum absolute atomic E-state index is 0.555. The van der Waals surface area contributed by atoms with E-state index in [-0.39, 0.29) is 0 Å². The Labute approximate surface area is 83.2 Å². The van der Waals surface area contributed by atoms with Crippen LogP contribution in [0.15, 0.2) is 12.1 Å². The molecule has 0 atom stereocenters. The van der Waals surface area contributed by atoms with Crippen LogP contribution in [-0.2, 0) is 0 Å². The summed E-state index contributed by atoms with van der Waals surface area (Å²) in [6, 6.07) is 3.81. The van der Waals surface area contributed by atoms with Gasteiger partial charge in [-0.1, -0.05) is 0 Å². The van der Waals surface area contributed by atoms with E-state index >= 15 is 0 Å². The van der Waals surface area contributed by atoms with Crippen LogP contribution >= 0.6 is 0 Å². The summed E-state index contributed by atoms with van der Waals surface area (Å²) in [5.74, 6) is 1.54. The largest absolute Gasteiger partial charge is 0.486 e. The Hall–Kier alpha value is -1.51. The fraction of sp³-hybridized carbons (Fsp3) is 0.364. The molecule has 1 aromatic carbocycles. The molecule has 0 bridgehead atoms. The highest BCUT2D eigenvalue weighted by molar-refractivity contribution is 5.98. The van der Waals surface area contributed by atoms with Gasteiger partial charge in [-0.15, -0.1) is 0 Å². The van der Waals surface area contributed by atoms with Crippen molar-refractivity contribution in [3.8, 4) is 11.5 Å². The van der Waals surface area contributed by atoms with Crippen LogP contribution in [0.3, 0.4) is 0 Å². The van der Waals surface area contributed by atoms with Crippen molar-refractivity contribution in [3.05, 3.63) is 23.3 Å². The molecule has 74 valence electrons. The van der Waals surface area contributed by atoms with Gasteiger partial charge in [0.1, 0.15) is 13.2 Å². The van der Waals surface area contributed by atoms with Crippen molar-refractivity contribution in [1.29, 1.82) is 5.41 Å². The fourth-order valence-electron chi connectivity index (χ4n) is 1.59. The zero-order valence-electron chi connectivity index (χ0n) is 8.39. The molecule has 3 heteroatoms. The van der Waals surface area contributed by atoms with Crippen LogP contribution in [0.1, 0.15) is 18.1 Å².